The van der Waals surface area contributed by atoms with E-state index >= 15 is 0 Å². The van der Waals surface area contributed by atoms with Crippen molar-refractivity contribution in [1.82, 2.24) is 0 Å². The highest BCUT2D eigenvalue weighted by molar-refractivity contribution is 7.92. The van der Waals surface area contributed by atoms with Crippen LogP contribution in [-0.4, -0.2) is 20.8 Å². The summed E-state index contributed by atoms with van der Waals surface area (Å²) in [7, 11) is -3.79. The number of amides is 1. The fourth-order valence-corrected chi connectivity index (χ4v) is 2.87. The molecule has 5 nitrogen and oxygen atoms in total. The Balaban J connectivity index is 2.24. The molecule has 0 unspecified atom stereocenters. The Kier molecular flexibility index (Phi) is 4.82. The summed E-state index contributed by atoms with van der Waals surface area (Å²) >= 11 is 0. The molecule has 2 rings (SSSR count). The average Bonchev–Trinajstić information content (AvgIpc) is 2.47. The van der Waals surface area contributed by atoms with Crippen LogP contribution < -0.4 is 4.31 Å². The molecule has 0 atom stereocenters. The predicted molar refractivity (Wildman–Crippen MR) is 85.1 cm³/mol. The average molecular weight is 319 g/mol. The fourth-order valence-electron chi connectivity index (χ4n) is 1.98. The smallest absolute Gasteiger partial charge is 0.428 e. The minimum Gasteiger partial charge on any atom is -0.444 e. The lowest BCUT2D eigenvalue weighted by Gasteiger charge is -2.21. The Morgan fingerprint density at radius 3 is 2.23 bits per heavy atom. The van der Waals surface area contributed by atoms with Crippen molar-refractivity contribution in [3.05, 3.63) is 65.7 Å². The standard InChI is InChI=1S/C16H17NO4S/c1-13-8-6-7-11-15(13)17(22(2,19)20)16(18)21-12-14-9-4-3-5-10-14/h3-11H,12H2,1-2H3. The maximum Gasteiger partial charge on any atom is 0.428 e. The first-order valence-corrected chi connectivity index (χ1v) is 8.51. The van der Waals surface area contributed by atoms with Gasteiger partial charge >= 0.3 is 6.09 Å². The number of carbonyl (C=O) groups excluding carboxylic acids is 1. The zero-order valence-corrected chi connectivity index (χ0v) is 13.2. The van der Waals surface area contributed by atoms with Gasteiger partial charge in [-0.1, -0.05) is 48.5 Å². The lowest BCUT2D eigenvalue weighted by Crippen LogP contribution is -2.37. The maximum atomic E-state index is 12.2. The summed E-state index contributed by atoms with van der Waals surface area (Å²) < 4.78 is 29.7. The summed E-state index contributed by atoms with van der Waals surface area (Å²) in [5, 5.41) is 0. The number of hydrogen-bond acceptors (Lipinski definition) is 4. The number of para-hydroxylation sites is 1. The molecule has 116 valence electrons. The number of rotatable bonds is 4. The zero-order chi connectivity index (χ0) is 16.2. The molecule has 0 spiro atoms. The van der Waals surface area contributed by atoms with Crippen molar-refractivity contribution in [2.75, 3.05) is 10.6 Å². The molecule has 2 aromatic rings. The lowest BCUT2D eigenvalue weighted by atomic mass is 10.2. The molecular weight excluding hydrogens is 302 g/mol. The van der Waals surface area contributed by atoms with E-state index in [2.05, 4.69) is 0 Å². The molecule has 0 radical (unpaired) electrons. The second-order valence-corrected chi connectivity index (χ2v) is 6.69. The van der Waals surface area contributed by atoms with Crippen LogP contribution in [0.3, 0.4) is 0 Å². The SMILES string of the molecule is Cc1ccccc1N(C(=O)OCc1ccccc1)S(C)(=O)=O. The second-order valence-electron chi connectivity index (χ2n) is 4.85. The van der Waals surface area contributed by atoms with E-state index in [-0.39, 0.29) is 6.61 Å². The molecule has 0 bridgehead atoms. The van der Waals surface area contributed by atoms with E-state index in [0.29, 0.717) is 15.6 Å². The fraction of sp³-hybridized carbons (Fsp3) is 0.188. The van der Waals surface area contributed by atoms with Gasteiger partial charge in [0.05, 0.1) is 11.9 Å². The van der Waals surface area contributed by atoms with Crippen LogP contribution in [0.1, 0.15) is 11.1 Å². The first-order valence-electron chi connectivity index (χ1n) is 6.66. The molecule has 1 amide bonds. The van der Waals surface area contributed by atoms with Gasteiger partial charge in [-0.05, 0) is 24.1 Å². The summed E-state index contributed by atoms with van der Waals surface area (Å²) in [6, 6.07) is 15.8. The Labute approximate surface area is 130 Å². The van der Waals surface area contributed by atoms with E-state index in [1.54, 1.807) is 43.3 Å². The third-order valence-corrected chi connectivity index (χ3v) is 4.05. The molecule has 0 fully saturated rings. The number of benzene rings is 2. The normalized spacial score (nSPS) is 11.0. The van der Waals surface area contributed by atoms with Crippen molar-refractivity contribution >= 4 is 21.8 Å². The van der Waals surface area contributed by atoms with Crippen LogP contribution >= 0.6 is 0 Å². The van der Waals surface area contributed by atoms with Crippen molar-refractivity contribution in [3.63, 3.8) is 0 Å². The number of aryl methyl sites for hydroxylation is 1. The van der Waals surface area contributed by atoms with Gasteiger partial charge in [0.1, 0.15) is 6.61 Å². The topological polar surface area (TPSA) is 63.7 Å². The van der Waals surface area contributed by atoms with Crippen LogP contribution in [0.2, 0.25) is 0 Å². The van der Waals surface area contributed by atoms with Gasteiger partial charge in [0.25, 0.3) is 0 Å². The third-order valence-electron chi connectivity index (χ3n) is 3.04. The number of hydrogen-bond donors (Lipinski definition) is 0. The first kappa shape index (κ1) is 16.0. The van der Waals surface area contributed by atoms with E-state index in [4.69, 9.17) is 4.74 Å². The van der Waals surface area contributed by atoms with Crippen LogP contribution in [0.25, 0.3) is 0 Å². The molecule has 0 aliphatic heterocycles. The van der Waals surface area contributed by atoms with Gasteiger partial charge in [-0.3, -0.25) is 0 Å². The van der Waals surface area contributed by atoms with Gasteiger partial charge in [-0.2, -0.15) is 4.31 Å². The van der Waals surface area contributed by atoms with Gasteiger partial charge in [0.15, 0.2) is 0 Å². The quantitative estimate of drug-likeness (QED) is 0.868. The summed E-state index contributed by atoms with van der Waals surface area (Å²) in [5.74, 6) is 0. The van der Waals surface area contributed by atoms with Gasteiger partial charge in [0, 0.05) is 0 Å². The summed E-state index contributed by atoms with van der Waals surface area (Å²) in [6.45, 7) is 1.75. The molecule has 22 heavy (non-hydrogen) atoms. The van der Waals surface area contributed by atoms with Crippen molar-refractivity contribution in [1.29, 1.82) is 0 Å². The minimum atomic E-state index is -3.79. The summed E-state index contributed by atoms with van der Waals surface area (Å²) in [6.07, 6.45) is 0.0594. The van der Waals surface area contributed by atoms with Crippen LogP contribution in [0.15, 0.2) is 54.6 Å². The zero-order valence-electron chi connectivity index (χ0n) is 12.4. The highest BCUT2D eigenvalue weighted by atomic mass is 32.2. The number of ether oxygens (including phenoxy) is 1. The van der Waals surface area contributed by atoms with Crippen LogP contribution in [0.4, 0.5) is 10.5 Å². The molecule has 0 aromatic heterocycles. The minimum absolute atomic E-state index is 0.0115. The first-order chi connectivity index (χ1) is 10.4. The molecule has 0 saturated carbocycles. The molecule has 0 saturated heterocycles. The van der Waals surface area contributed by atoms with Crippen molar-refractivity contribution in [2.24, 2.45) is 0 Å². The molecular formula is C16H17NO4S. The number of carbonyl (C=O) groups is 1. The van der Waals surface area contributed by atoms with Crippen LogP contribution in [0.5, 0.6) is 0 Å². The molecule has 0 N–H and O–H groups in total. The predicted octanol–water partition coefficient (Wildman–Crippen LogP) is 3.10. The Morgan fingerprint density at radius 1 is 1.05 bits per heavy atom. The molecule has 6 heteroatoms. The van der Waals surface area contributed by atoms with Crippen LogP contribution in [0, 0.1) is 6.92 Å². The highest BCUT2D eigenvalue weighted by Crippen LogP contribution is 2.23. The van der Waals surface area contributed by atoms with Gasteiger partial charge in [-0.15, -0.1) is 0 Å². The molecule has 2 aromatic carbocycles. The molecule has 0 aliphatic carbocycles. The second kappa shape index (κ2) is 6.62. The monoisotopic (exact) mass is 319 g/mol. The number of anilines is 1. The van der Waals surface area contributed by atoms with E-state index in [1.807, 2.05) is 18.2 Å². The summed E-state index contributed by atoms with van der Waals surface area (Å²) in [4.78, 5) is 12.2. The Hall–Kier alpha value is -2.34. The highest BCUT2D eigenvalue weighted by Gasteiger charge is 2.28. The van der Waals surface area contributed by atoms with Crippen molar-refractivity contribution in [3.8, 4) is 0 Å². The lowest BCUT2D eigenvalue weighted by molar-refractivity contribution is 0.151. The van der Waals surface area contributed by atoms with Gasteiger partial charge in [0.2, 0.25) is 10.0 Å². The summed E-state index contributed by atoms with van der Waals surface area (Å²) in [5.41, 5.74) is 1.75. The van der Waals surface area contributed by atoms with Crippen molar-refractivity contribution < 1.29 is 17.9 Å². The van der Waals surface area contributed by atoms with Crippen molar-refractivity contribution in [2.45, 2.75) is 13.5 Å². The van der Waals surface area contributed by atoms with E-state index < -0.39 is 16.1 Å². The molecule has 0 aliphatic rings. The number of sulfonamides is 1. The number of nitrogens with zero attached hydrogens (tertiary/aromatic N) is 1. The van der Waals surface area contributed by atoms with E-state index in [9.17, 15) is 13.2 Å². The van der Waals surface area contributed by atoms with Crippen LogP contribution in [-0.2, 0) is 21.4 Å². The van der Waals surface area contributed by atoms with E-state index in [1.165, 1.54) is 0 Å². The Bertz CT molecular complexity index is 757. The largest absolute Gasteiger partial charge is 0.444 e. The van der Waals surface area contributed by atoms with Gasteiger partial charge in [-0.25, -0.2) is 13.2 Å². The van der Waals surface area contributed by atoms with Gasteiger partial charge < -0.3 is 4.74 Å². The third kappa shape index (κ3) is 3.85. The maximum absolute atomic E-state index is 12.2. The van der Waals surface area contributed by atoms with E-state index in [0.717, 1.165) is 11.8 Å². The molecule has 0 heterocycles. The Morgan fingerprint density at radius 2 is 1.64 bits per heavy atom.